The smallest absolute Gasteiger partial charge is 0.181 e. The number of fused-ring (bicyclic) bond motifs is 1. The minimum absolute atomic E-state index is 0.213. The number of hydrogen-bond donors (Lipinski definition) is 0. The lowest BCUT2D eigenvalue weighted by Gasteiger charge is -1.90. The number of carbonyl (C=O) groups is 1. The summed E-state index contributed by atoms with van der Waals surface area (Å²) in [5.41, 5.74) is 1.76. The van der Waals surface area contributed by atoms with Crippen LogP contribution in [0.15, 0.2) is 35.1 Å². The summed E-state index contributed by atoms with van der Waals surface area (Å²) in [6.07, 6.45) is 1.45. The number of benzene rings is 1. The summed E-state index contributed by atoms with van der Waals surface area (Å²) in [5.74, 6) is 0.472. The van der Waals surface area contributed by atoms with Crippen LogP contribution in [0.3, 0.4) is 0 Å². The number of ketones is 1. The second-order valence-corrected chi connectivity index (χ2v) is 3.59. The summed E-state index contributed by atoms with van der Waals surface area (Å²) in [6.45, 7) is 9.38. The van der Waals surface area contributed by atoms with Gasteiger partial charge in [0, 0.05) is 5.92 Å². The number of carbonyl (C=O) groups excluding carboxylic acids is 1. The summed E-state index contributed by atoms with van der Waals surface area (Å²) in [6, 6.07) is 7.67. The maximum absolute atomic E-state index is 10.1. The Labute approximate surface area is 103 Å². The van der Waals surface area contributed by atoms with E-state index in [-0.39, 0.29) is 11.7 Å². The predicted octanol–water partition coefficient (Wildman–Crippen LogP) is 4.09. The molecule has 2 rings (SSSR count). The molecule has 0 amide bonds. The van der Waals surface area contributed by atoms with Crippen molar-refractivity contribution in [2.75, 3.05) is 0 Å². The lowest BCUT2D eigenvalue weighted by molar-refractivity contribution is -0.119. The highest BCUT2D eigenvalue weighted by Crippen LogP contribution is 2.09. The Kier molecular flexibility index (Phi) is 7.68. The molecule has 3 heteroatoms. The number of nitrogens with zero attached hydrogens (tertiary/aromatic N) is 1. The van der Waals surface area contributed by atoms with Gasteiger partial charge in [0.25, 0.3) is 0 Å². The SMILES string of the molecule is CC.CC(=O)C(C)C.c1ccc2ocnc2c1. The van der Waals surface area contributed by atoms with Crippen LogP contribution in [0.25, 0.3) is 11.1 Å². The molecule has 1 aromatic heterocycles. The van der Waals surface area contributed by atoms with E-state index in [0.717, 1.165) is 11.1 Å². The van der Waals surface area contributed by atoms with Gasteiger partial charge in [0.2, 0.25) is 0 Å². The molecule has 2 aromatic rings. The monoisotopic (exact) mass is 235 g/mol. The van der Waals surface area contributed by atoms with Gasteiger partial charge in [0.15, 0.2) is 12.0 Å². The highest BCUT2D eigenvalue weighted by Gasteiger charge is 1.95. The average molecular weight is 235 g/mol. The van der Waals surface area contributed by atoms with Gasteiger partial charge in [-0.2, -0.15) is 0 Å². The van der Waals surface area contributed by atoms with Crippen molar-refractivity contribution in [2.24, 2.45) is 5.92 Å². The van der Waals surface area contributed by atoms with E-state index >= 15 is 0 Å². The highest BCUT2D eigenvalue weighted by atomic mass is 16.3. The maximum Gasteiger partial charge on any atom is 0.181 e. The quantitative estimate of drug-likeness (QED) is 0.747. The van der Waals surface area contributed by atoms with Crippen LogP contribution in [0.4, 0.5) is 0 Å². The molecule has 0 unspecified atom stereocenters. The molecule has 0 bridgehead atoms. The summed E-state index contributed by atoms with van der Waals surface area (Å²) in [5, 5.41) is 0. The molecule has 0 aliphatic heterocycles. The molecule has 0 aliphatic rings. The first-order chi connectivity index (χ1) is 8.11. The van der Waals surface area contributed by atoms with Crippen molar-refractivity contribution in [2.45, 2.75) is 34.6 Å². The van der Waals surface area contributed by atoms with Gasteiger partial charge in [-0.05, 0) is 19.1 Å². The van der Waals surface area contributed by atoms with Gasteiger partial charge < -0.3 is 4.42 Å². The molecule has 0 aliphatic carbocycles. The normalized spacial score (nSPS) is 9.06. The van der Waals surface area contributed by atoms with E-state index < -0.39 is 0 Å². The standard InChI is InChI=1S/C7H5NO.C5H10O.C2H6/c1-2-4-7-6(3-1)8-5-9-7;1-4(2)5(3)6;1-2/h1-5H;4H,1-3H3;1-2H3. The number of oxazole rings is 1. The van der Waals surface area contributed by atoms with Crippen LogP contribution < -0.4 is 0 Å². The topological polar surface area (TPSA) is 43.1 Å². The lowest BCUT2D eigenvalue weighted by Crippen LogP contribution is -1.98. The third kappa shape index (κ3) is 5.85. The molecule has 0 radical (unpaired) electrons. The van der Waals surface area contributed by atoms with Gasteiger partial charge in [-0.1, -0.05) is 39.8 Å². The molecule has 0 atom stereocenters. The largest absolute Gasteiger partial charge is 0.443 e. The summed E-state index contributed by atoms with van der Waals surface area (Å²) < 4.78 is 5.01. The van der Waals surface area contributed by atoms with Crippen LogP contribution in [0.2, 0.25) is 0 Å². The van der Waals surface area contributed by atoms with Crippen molar-refractivity contribution in [3.8, 4) is 0 Å². The van der Waals surface area contributed by atoms with E-state index in [0.29, 0.717) is 0 Å². The van der Waals surface area contributed by atoms with E-state index in [9.17, 15) is 4.79 Å². The van der Waals surface area contributed by atoms with Crippen LogP contribution in [-0.2, 0) is 4.79 Å². The van der Waals surface area contributed by atoms with E-state index in [1.54, 1.807) is 6.92 Å². The van der Waals surface area contributed by atoms with Crippen LogP contribution in [-0.4, -0.2) is 10.8 Å². The fourth-order valence-corrected chi connectivity index (χ4v) is 0.803. The molecule has 1 heterocycles. The van der Waals surface area contributed by atoms with Gasteiger partial charge in [0.1, 0.15) is 11.3 Å². The number of aromatic nitrogens is 1. The zero-order valence-corrected chi connectivity index (χ0v) is 11.2. The summed E-state index contributed by atoms with van der Waals surface area (Å²) in [4.78, 5) is 14.1. The zero-order chi connectivity index (χ0) is 13.3. The van der Waals surface area contributed by atoms with E-state index in [2.05, 4.69) is 4.98 Å². The average Bonchev–Trinajstić information content (AvgIpc) is 2.80. The second kappa shape index (κ2) is 8.50. The molecule has 0 fully saturated rings. The van der Waals surface area contributed by atoms with Crippen molar-refractivity contribution >= 4 is 16.9 Å². The van der Waals surface area contributed by atoms with Crippen LogP contribution in [0, 0.1) is 5.92 Å². The molecular formula is C14H21NO2. The lowest BCUT2D eigenvalue weighted by atomic mass is 10.1. The molecule has 3 nitrogen and oxygen atoms in total. The molecule has 17 heavy (non-hydrogen) atoms. The third-order valence-electron chi connectivity index (χ3n) is 2.05. The predicted molar refractivity (Wildman–Crippen MR) is 70.9 cm³/mol. The van der Waals surface area contributed by atoms with Crippen molar-refractivity contribution < 1.29 is 9.21 Å². The Morgan fingerprint density at radius 1 is 1.24 bits per heavy atom. The molecule has 0 spiro atoms. The Morgan fingerprint density at radius 2 is 1.76 bits per heavy atom. The zero-order valence-electron chi connectivity index (χ0n) is 11.2. The van der Waals surface area contributed by atoms with E-state index in [4.69, 9.17) is 4.42 Å². The molecular weight excluding hydrogens is 214 g/mol. The van der Waals surface area contributed by atoms with Gasteiger partial charge in [-0.3, -0.25) is 4.79 Å². The fraction of sp³-hybridized carbons (Fsp3) is 0.429. The van der Waals surface area contributed by atoms with Crippen molar-refractivity contribution in [3.63, 3.8) is 0 Å². The second-order valence-electron chi connectivity index (χ2n) is 3.59. The fourth-order valence-electron chi connectivity index (χ4n) is 0.803. The van der Waals surface area contributed by atoms with Gasteiger partial charge in [-0.15, -0.1) is 0 Å². The first-order valence-corrected chi connectivity index (χ1v) is 5.90. The van der Waals surface area contributed by atoms with Crippen molar-refractivity contribution in [3.05, 3.63) is 30.7 Å². The van der Waals surface area contributed by atoms with Gasteiger partial charge >= 0.3 is 0 Å². The number of hydrogen-bond acceptors (Lipinski definition) is 3. The Balaban J connectivity index is 0.000000283. The molecule has 0 N–H and O–H groups in total. The third-order valence-corrected chi connectivity index (χ3v) is 2.05. The molecule has 0 saturated heterocycles. The van der Waals surface area contributed by atoms with Crippen LogP contribution in [0.5, 0.6) is 0 Å². The summed E-state index contributed by atoms with van der Waals surface area (Å²) in [7, 11) is 0. The number of rotatable bonds is 1. The number of para-hydroxylation sites is 2. The van der Waals surface area contributed by atoms with E-state index in [1.165, 1.54) is 6.39 Å². The van der Waals surface area contributed by atoms with Gasteiger partial charge in [-0.25, -0.2) is 4.98 Å². The van der Waals surface area contributed by atoms with Crippen LogP contribution in [0.1, 0.15) is 34.6 Å². The van der Waals surface area contributed by atoms with E-state index in [1.807, 2.05) is 52.0 Å². The minimum Gasteiger partial charge on any atom is -0.443 e. The first kappa shape index (κ1) is 15.4. The Morgan fingerprint density at radius 3 is 2.24 bits per heavy atom. The number of Topliss-reactive ketones (excluding diaryl/α,β-unsaturated/α-hetero) is 1. The molecule has 1 aromatic carbocycles. The Hall–Kier alpha value is -1.64. The van der Waals surface area contributed by atoms with Crippen LogP contribution >= 0.6 is 0 Å². The van der Waals surface area contributed by atoms with Crippen molar-refractivity contribution in [1.82, 2.24) is 4.98 Å². The van der Waals surface area contributed by atoms with Crippen molar-refractivity contribution in [1.29, 1.82) is 0 Å². The highest BCUT2D eigenvalue weighted by molar-refractivity contribution is 5.77. The Bertz CT molecular complexity index is 402. The van der Waals surface area contributed by atoms with Gasteiger partial charge in [0.05, 0.1) is 0 Å². The molecule has 0 saturated carbocycles. The molecule has 94 valence electrons. The maximum atomic E-state index is 10.1. The minimum atomic E-state index is 0.213. The summed E-state index contributed by atoms with van der Waals surface area (Å²) >= 11 is 0. The first-order valence-electron chi connectivity index (χ1n) is 5.90.